The molecular formula is C41H42N4O8S. The minimum Gasteiger partial charge on any atom is -0.497 e. The Hall–Kier alpha value is -5.82. The molecule has 0 spiro atoms. The van der Waals surface area contributed by atoms with Crippen LogP contribution in [0.15, 0.2) is 93.5 Å². The number of aliphatic imine (C=N–C) groups is 1. The zero-order valence-corrected chi connectivity index (χ0v) is 30.6. The Balaban J connectivity index is 0.00000497. The van der Waals surface area contributed by atoms with Gasteiger partial charge < -0.3 is 18.8 Å². The fraction of sp³-hybridized carbons (Fsp3) is 0.293. The lowest BCUT2D eigenvalue weighted by atomic mass is 9.85. The van der Waals surface area contributed by atoms with Crippen molar-refractivity contribution in [3.63, 3.8) is 0 Å². The van der Waals surface area contributed by atoms with Gasteiger partial charge in [0.2, 0.25) is 5.60 Å². The zero-order chi connectivity index (χ0) is 37.5. The molecule has 54 heavy (non-hydrogen) atoms. The van der Waals surface area contributed by atoms with Gasteiger partial charge in [-0.25, -0.2) is 23.0 Å². The molecule has 0 aliphatic carbocycles. The largest absolute Gasteiger partial charge is 0.497 e. The second-order valence-electron chi connectivity index (χ2n) is 13.0. The summed E-state index contributed by atoms with van der Waals surface area (Å²) in [7, 11) is -2.54. The minimum atomic E-state index is -4.08. The van der Waals surface area contributed by atoms with Crippen molar-refractivity contribution in [3.05, 3.63) is 123 Å². The molecule has 4 heterocycles. The van der Waals surface area contributed by atoms with Crippen molar-refractivity contribution >= 4 is 38.7 Å². The number of aromatic nitrogens is 2. The first-order valence-electron chi connectivity index (χ1n) is 17.3. The SMILES string of the molecule is C.CCc1c2c(nc3ccccc13)-c1cc3c(c(=O)n1C2)COC(=O)[C@@]3(CC)OC(=O)CN=C(Cc1ccc(OC)cc1)NS(=O)(=O)c1ccc(C)cc1. The number of hydrogen-bond acceptors (Lipinski definition) is 10. The number of cyclic esters (lactones) is 1. The van der Waals surface area contributed by atoms with Gasteiger partial charge in [0.1, 0.15) is 24.7 Å². The first kappa shape index (κ1) is 37.9. The van der Waals surface area contributed by atoms with Crippen molar-refractivity contribution in [2.24, 2.45) is 4.99 Å². The van der Waals surface area contributed by atoms with Gasteiger partial charge in [-0.3, -0.25) is 14.5 Å². The average molecular weight is 751 g/mol. The van der Waals surface area contributed by atoms with Gasteiger partial charge in [-0.1, -0.05) is 69.3 Å². The standard InChI is InChI=1S/C40H38N4O8S.CH4/c1-5-28-29-9-7-8-10-33(29)42-37-30(28)22-44-34(37)20-32-31(38(44)46)23-51-39(47)40(32,6-2)52-36(45)21-41-35(19-25-13-15-26(50-4)16-14-25)43-53(48,49)27-17-11-24(3)12-18-27;/h7-18,20H,5-6,19,21-23H2,1-4H3,(H,41,43);1H4/t40-;/m0./s1. The lowest BCUT2D eigenvalue weighted by Crippen LogP contribution is -2.48. The average Bonchev–Trinajstić information content (AvgIpc) is 3.52. The van der Waals surface area contributed by atoms with Gasteiger partial charge in [0.05, 0.1) is 41.0 Å². The molecule has 0 unspecified atom stereocenters. The van der Waals surface area contributed by atoms with Gasteiger partial charge in [-0.2, -0.15) is 0 Å². The molecule has 2 aromatic heterocycles. The van der Waals surface area contributed by atoms with Crippen molar-refractivity contribution < 1.29 is 32.2 Å². The van der Waals surface area contributed by atoms with Crippen molar-refractivity contribution in [1.29, 1.82) is 0 Å². The first-order valence-corrected chi connectivity index (χ1v) is 18.8. The molecule has 3 aromatic carbocycles. The Labute approximate surface area is 313 Å². The van der Waals surface area contributed by atoms with Crippen LogP contribution >= 0.6 is 0 Å². The van der Waals surface area contributed by atoms with Gasteiger partial charge in [-0.05, 0) is 67.3 Å². The van der Waals surface area contributed by atoms with Crippen LogP contribution in [0.1, 0.15) is 61.1 Å². The number of carbonyl (C=O) groups is 2. The summed E-state index contributed by atoms with van der Waals surface area (Å²) in [6.45, 7) is 4.98. The highest BCUT2D eigenvalue weighted by Gasteiger charge is 2.50. The Bertz CT molecular complexity index is 2470. The van der Waals surface area contributed by atoms with Gasteiger partial charge in [-0.15, -0.1) is 0 Å². The highest BCUT2D eigenvalue weighted by molar-refractivity contribution is 7.90. The molecule has 13 heteroatoms. The molecular weight excluding hydrogens is 709 g/mol. The number of aryl methyl sites for hydroxylation is 2. The van der Waals surface area contributed by atoms with Gasteiger partial charge in [0.15, 0.2) is 0 Å². The Kier molecular flexibility index (Phi) is 10.5. The number of para-hydroxylation sites is 1. The number of ether oxygens (including phenoxy) is 3. The van der Waals surface area contributed by atoms with Crippen LogP contribution < -0.4 is 15.0 Å². The maximum atomic E-state index is 14.1. The van der Waals surface area contributed by atoms with Crippen LogP contribution in [0.4, 0.5) is 0 Å². The van der Waals surface area contributed by atoms with E-state index in [1.165, 1.54) is 19.2 Å². The fourth-order valence-electron chi connectivity index (χ4n) is 7.05. The molecule has 0 radical (unpaired) electrons. The van der Waals surface area contributed by atoms with E-state index in [0.717, 1.165) is 34.0 Å². The summed E-state index contributed by atoms with van der Waals surface area (Å²) < 4.78 is 47.6. The van der Waals surface area contributed by atoms with E-state index in [2.05, 4.69) is 16.6 Å². The van der Waals surface area contributed by atoms with Crippen LogP contribution in [-0.2, 0) is 60.7 Å². The summed E-state index contributed by atoms with van der Waals surface area (Å²) >= 11 is 0. The molecule has 5 aromatic rings. The molecule has 0 amide bonds. The summed E-state index contributed by atoms with van der Waals surface area (Å²) in [6, 6.07) is 22.8. The van der Waals surface area contributed by atoms with Crippen molar-refractivity contribution in [2.75, 3.05) is 13.7 Å². The van der Waals surface area contributed by atoms with Crippen LogP contribution in [0.25, 0.3) is 22.3 Å². The van der Waals surface area contributed by atoms with E-state index in [-0.39, 0.29) is 54.3 Å². The summed E-state index contributed by atoms with van der Waals surface area (Å²) in [6.07, 6.45) is 0.720. The smallest absolute Gasteiger partial charge is 0.355 e. The summed E-state index contributed by atoms with van der Waals surface area (Å²) in [5.41, 5.74) is 3.72. The molecule has 0 saturated carbocycles. The first-order chi connectivity index (χ1) is 25.5. The predicted octanol–water partition coefficient (Wildman–Crippen LogP) is 5.77. The number of rotatable bonds is 10. The fourth-order valence-corrected chi connectivity index (χ4v) is 8.11. The Morgan fingerprint density at radius 3 is 2.43 bits per heavy atom. The van der Waals surface area contributed by atoms with Crippen molar-refractivity contribution in [3.8, 4) is 17.1 Å². The van der Waals surface area contributed by atoms with Crippen LogP contribution in [0, 0.1) is 6.92 Å². The molecule has 1 atom stereocenters. The van der Waals surface area contributed by atoms with Gasteiger partial charge >= 0.3 is 11.9 Å². The molecule has 2 aliphatic rings. The van der Waals surface area contributed by atoms with Crippen molar-refractivity contribution in [1.82, 2.24) is 14.3 Å². The zero-order valence-electron chi connectivity index (χ0n) is 29.8. The summed E-state index contributed by atoms with van der Waals surface area (Å²) in [5, 5.41) is 1.02. The molecule has 280 valence electrons. The van der Waals surface area contributed by atoms with Crippen LogP contribution in [0.3, 0.4) is 0 Å². The van der Waals surface area contributed by atoms with Crippen molar-refractivity contribution in [2.45, 2.75) is 71.1 Å². The highest BCUT2D eigenvalue weighted by Crippen LogP contribution is 2.42. The van der Waals surface area contributed by atoms with Gasteiger partial charge in [0.25, 0.3) is 15.6 Å². The third-order valence-corrected chi connectivity index (χ3v) is 11.2. The maximum Gasteiger partial charge on any atom is 0.355 e. The predicted molar refractivity (Wildman–Crippen MR) is 205 cm³/mol. The van der Waals surface area contributed by atoms with Crippen LogP contribution in [-0.4, -0.2) is 49.4 Å². The highest BCUT2D eigenvalue weighted by atomic mass is 32.2. The number of hydrogen-bond donors (Lipinski definition) is 1. The monoisotopic (exact) mass is 750 g/mol. The van der Waals surface area contributed by atoms with Gasteiger partial charge in [0, 0.05) is 22.9 Å². The lowest BCUT2D eigenvalue weighted by Gasteiger charge is -2.35. The number of pyridine rings is 2. The Morgan fingerprint density at radius 1 is 1.02 bits per heavy atom. The number of nitrogens with zero attached hydrogens (tertiary/aromatic N) is 3. The number of fused-ring (bicyclic) bond motifs is 5. The number of esters is 2. The molecule has 0 bridgehead atoms. The van der Waals surface area contributed by atoms with E-state index in [0.29, 0.717) is 29.2 Å². The molecule has 2 aliphatic heterocycles. The Morgan fingerprint density at radius 2 is 1.74 bits per heavy atom. The summed E-state index contributed by atoms with van der Waals surface area (Å²) in [5.74, 6) is -1.14. The quantitative estimate of drug-likeness (QED) is 0.104. The second-order valence-corrected chi connectivity index (χ2v) is 14.7. The number of nitrogens with one attached hydrogen (secondary N) is 1. The summed E-state index contributed by atoms with van der Waals surface area (Å²) in [4.78, 5) is 50.7. The second kappa shape index (κ2) is 14.9. The molecule has 7 rings (SSSR count). The number of sulfonamides is 1. The van der Waals surface area contributed by atoms with Crippen LogP contribution in [0.2, 0.25) is 0 Å². The van der Waals surface area contributed by atoms with E-state index in [9.17, 15) is 22.8 Å². The van der Waals surface area contributed by atoms with E-state index in [1.807, 2.05) is 31.2 Å². The third-order valence-electron chi connectivity index (χ3n) is 9.84. The lowest BCUT2D eigenvalue weighted by molar-refractivity contribution is -0.188. The molecule has 1 N–H and O–H groups in total. The van der Waals surface area contributed by atoms with E-state index in [1.54, 1.807) is 54.0 Å². The molecule has 0 saturated heterocycles. The van der Waals surface area contributed by atoms with E-state index < -0.39 is 34.1 Å². The normalized spacial score (nSPS) is 16.1. The number of benzene rings is 3. The maximum absolute atomic E-state index is 14.1. The number of methoxy groups -OCH3 is 1. The molecule has 12 nitrogen and oxygen atoms in total. The third kappa shape index (κ3) is 6.75. The van der Waals surface area contributed by atoms with Crippen LogP contribution in [0.5, 0.6) is 5.75 Å². The topological polar surface area (TPSA) is 155 Å². The minimum absolute atomic E-state index is 0. The van der Waals surface area contributed by atoms with E-state index >= 15 is 0 Å². The molecule has 0 fully saturated rings. The van der Waals surface area contributed by atoms with E-state index in [4.69, 9.17) is 19.2 Å². The number of amidine groups is 1. The number of carbonyl (C=O) groups excluding carboxylic acids is 2.